The lowest BCUT2D eigenvalue weighted by atomic mass is 10.3. The number of benzene rings is 1. The van der Waals surface area contributed by atoms with Crippen LogP contribution in [0.3, 0.4) is 0 Å². The number of ether oxygens (including phenoxy) is 1. The molecule has 1 aromatic rings. The van der Waals surface area contributed by atoms with E-state index in [0.717, 1.165) is 22.5 Å². The second kappa shape index (κ2) is 5.85. The number of primary sulfonamides is 1. The summed E-state index contributed by atoms with van der Waals surface area (Å²) in [5.41, 5.74) is -0.479. The second-order valence-corrected chi connectivity index (χ2v) is 7.54. The van der Waals surface area contributed by atoms with Gasteiger partial charge in [0, 0.05) is 13.1 Å². The first kappa shape index (κ1) is 16.1. The predicted molar refractivity (Wildman–Crippen MR) is 72.7 cm³/mol. The molecule has 1 aliphatic rings. The number of anilines is 1. The molecule has 0 aromatic heterocycles. The third kappa shape index (κ3) is 3.89. The third-order valence-corrected chi connectivity index (χ3v) is 5.25. The first-order valence-electron chi connectivity index (χ1n) is 5.88. The van der Waals surface area contributed by atoms with Crippen molar-refractivity contribution in [2.24, 2.45) is 5.14 Å². The first-order chi connectivity index (χ1) is 9.70. The smallest absolute Gasteiger partial charge is 0.301 e. The maximum absolute atomic E-state index is 13.6. The van der Waals surface area contributed by atoms with Crippen molar-refractivity contribution >= 4 is 25.9 Å². The van der Waals surface area contributed by atoms with E-state index in [9.17, 15) is 21.2 Å². The minimum atomic E-state index is -4.06. The van der Waals surface area contributed by atoms with Gasteiger partial charge in [-0.2, -0.15) is 12.7 Å². The standard InChI is InChI=1S/C10H14FN3O5S2/c11-9-2-1-8(20(12,15)16)7-10(9)13-21(17,18)14-3-5-19-6-4-14/h1-2,7,13H,3-6H2,(H2,12,15,16). The largest absolute Gasteiger partial charge is 0.379 e. The average molecular weight is 339 g/mol. The van der Waals surface area contributed by atoms with Crippen molar-refractivity contribution in [3.05, 3.63) is 24.0 Å². The van der Waals surface area contributed by atoms with Crippen molar-refractivity contribution in [1.82, 2.24) is 4.31 Å². The number of hydrogen-bond donors (Lipinski definition) is 2. The van der Waals surface area contributed by atoms with E-state index in [-0.39, 0.29) is 31.2 Å². The summed E-state index contributed by atoms with van der Waals surface area (Å²) < 4.78 is 68.4. The molecule has 0 spiro atoms. The van der Waals surface area contributed by atoms with Crippen molar-refractivity contribution < 1.29 is 26.0 Å². The van der Waals surface area contributed by atoms with Gasteiger partial charge >= 0.3 is 10.2 Å². The van der Waals surface area contributed by atoms with Crippen LogP contribution < -0.4 is 9.86 Å². The molecule has 1 fully saturated rings. The summed E-state index contributed by atoms with van der Waals surface area (Å²) in [5.74, 6) is -0.903. The van der Waals surface area contributed by atoms with Crippen LogP contribution >= 0.6 is 0 Å². The molecular formula is C10H14FN3O5S2. The quantitative estimate of drug-likeness (QED) is 0.764. The molecule has 1 aliphatic heterocycles. The Labute approximate surface area is 121 Å². The van der Waals surface area contributed by atoms with E-state index in [2.05, 4.69) is 0 Å². The van der Waals surface area contributed by atoms with Gasteiger partial charge in [0.05, 0.1) is 23.8 Å². The van der Waals surface area contributed by atoms with Crippen molar-refractivity contribution in [3.63, 3.8) is 0 Å². The van der Waals surface area contributed by atoms with Crippen LogP contribution in [0, 0.1) is 5.82 Å². The Hall–Kier alpha value is -1.27. The van der Waals surface area contributed by atoms with Gasteiger partial charge in [-0.3, -0.25) is 4.72 Å². The zero-order valence-electron chi connectivity index (χ0n) is 10.8. The molecule has 0 atom stereocenters. The van der Waals surface area contributed by atoms with Crippen molar-refractivity contribution in [1.29, 1.82) is 0 Å². The summed E-state index contributed by atoms with van der Waals surface area (Å²) in [6, 6.07) is 2.62. The lowest BCUT2D eigenvalue weighted by molar-refractivity contribution is 0.0733. The highest BCUT2D eigenvalue weighted by atomic mass is 32.2. The Morgan fingerprint density at radius 3 is 2.38 bits per heavy atom. The van der Waals surface area contributed by atoms with E-state index >= 15 is 0 Å². The number of morpholine rings is 1. The summed E-state index contributed by atoms with van der Waals surface area (Å²) in [6.07, 6.45) is 0. The normalized spacial score (nSPS) is 17.6. The molecule has 8 nitrogen and oxygen atoms in total. The van der Waals surface area contributed by atoms with Gasteiger partial charge < -0.3 is 4.74 Å². The summed E-state index contributed by atoms with van der Waals surface area (Å²) >= 11 is 0. The molecule has 0 radical (unpaired) electrons. The summed E-state index contributed by atoms with van der Waals surface area (Å²) in [6.45, 7) is 0.735. The van der Waals surface area contributed by atoms with E-state index in [1.165, 1.54) is 0 Å². The highest BCUT2D eigenvalue weighted by molar-refractivity contribution is 7.90. The maximum atomic E-state index is 13.6. The molecule has 1 aromatic carbocycles. The Balaban J connectivity index is 2.30. The van der Waals surface area contributed by atoms with E-state index in [1.807, 2.05) is 4.72 Å². The summed E-state index contributed by atoms with van der Waals surface area (Å²) in [7, 11) is -8.05. The Kier molecular flexibility index (Phi) is 4.49. The monoisotopic (exact) mass is 339 g/mol. The van der Waals surface area contributed by atoms with Crippen molar-refractivity contribution in [2.45, 2.75) is 4.90 Å². The second-order valence-electron chi connectivity index (χ2n) is 4.31. The SMILES string of the molecule is NS(=O)(=O)c1ccc(F)c(NS(=O)(=O)N2CCOCC2)c1. The van der Waals surface area contributed by atoms with Crippen LogP contribution in [0.5, 0.6) is 0 Å². The molecule has 0 unspecified atom stereocenters. The van der Waals surface area contributed by atoms with Gasteiger partial charge in [0.2, 0.25) is 10.0 Å². The zero-order chi connectivity index (χ0) is 15.7. The molecule has 3 N–H and O–H groups in total. The van der Waals surface area contributed by atoms with Crippen LogP contribution in [0.15, 0.2) is 23.1 Å². The van der Waals surface area contributed by atoms with Crippen LogP contribution in [0.2, 0.25) is 0 Å². The minimum absolute atomic E-state index is 0.131. The number of nitrogens with zero attached hydrogens (tertiary/aromatic N) is 1. The number of hydrogen-bond acceptors (Lipinski definition) is 5. The summed E-state index contributed by atoms with van der Waals surface area (Å²) in [4.78, 5) is -0.386. The number of nitrogens with two attached hydrogens (primary N) is 1. The average Bonchev–Trinajstić information content (AvgIpc) is 2.41. The number of nitrogens with one attached hydrogen (secondary N) is 1. The Morgan fingerprint density at radius 2 is 1.81 bits per heavy atom. The van der Waals surface area contributed by atoms with Crippen LogP contribution in [0.4, 0.5) is 10.1 Å². The van der Waals surface area contributed by atoms with Gasteiger partial charge in [0.15, 0.2) is 0 Å². The van der Waals surface area contributed by atoms with Crippen LogP contribution in [-0.4, -0.2) is 47.4 Å². The maximum Gasteiger partial charge on any atom is 0.301 e. The van der Waals surface area contributed by atoms with E-state index in [1.54, 1.807) is 0 Å². The van der Waals surface area contributed by atoms with Gasteiger partial charge in [-0.05, 0) is 18.2 Å². The molecule has 1 saturated heterocycles. The van der Waals surface area contributed by atoms with E-state index < -0.39 is 31.7 Å². The Morgan fingerprint density at radius 1 is 1.19 bits per heavy atom. The molecule has 21 heavy (non-hydrogen) atoms. The first-order valence-corrected chi connectivity index (χ1v) is 8.87. The highest BCUT2D eigenvalue weighted by Gasteiger charge is 2.25. The third-order valence-electron chi connectivity index (χ3n) is 2.82. The summed E-state index contributed by atoms with van der Waals surface area (Å²) in [5, 5.41) is 4.93. The fraction of sp³-hybridized carbons (Fsp3) is 0.400. The molecule has 0 aliphatic carbocycles. The van der Waals surface area contributed by atoms with Gasteiger partial charge in [0.1, 0.15) is 5.82 Å². The fourth-order valence-corrected chi connectivity index (χ4v) is 3.48. The molecule has 11 heteroatoms. The van der Waals surface area contributed by atoms with Crippen molar-refractivity contribution in [2.75, 3.05) is 31.0 Å². The van der Waals surface area contributed by atoms with E-state index in [0.29, 0.717) is 0 Å². The molecule has 2 rings (SSSR count). The van der Waals surface area contributed by atoms with Gasteiger partial charge in [-0.1, -0.05) is 0 Å². The zero-order valence-corrected chi connectivity index (χ0v) is 12.5. The number of rotatable bonds is 4. The fourth-order valence-electron chi connectivity index (χ4n) is 1.75. The molecular weight excluding hydrogens is 325 g/mol. The molecule has 0 bridgehead atoms. The van der Waals surface area contributed by atoms with E-state index in [4.69, 9.17) is 9.88 Å². The lowest BCUT2D eigenvalue weighted by Crippen LogP contribution is -2.43. The number of halogens is 1. The molecule has 1 heterocycles. The minimum Gasteiger partial charge on any atom is -0.379 e. The topological polar surface area (TPSA) is 119 Å². The van der Waals surface area contributed by atoms with Gasteiger partial charge in [-0.15, -0.1) is 0 Å². The molecule has 0 saturated carbocycles. The van der Waals surface area contributed by atoms with Crippen LogP contribution in [0.1, 0.15) is 0 Å². The van der Waals surface area contributed by atoms with Gasteiger partial charge in [-0.25, -0.2) is 17.9 Å². The predicted octanol–water partition coefficient (Wildman–Crippen LogP) is -0.538. The molecule has 0 amide bonds. The number of sulfonamides is 1. The highest BCUT2D eigenvalue weighted by Crippen LogP contribution is 2.21. The van der Waals surface area contributed by atoms with Gasteiger partial charge in [0.25, 0.3) is 0 Å². The Bertz CT molecular complexity index is 729. The molecule has 118 valence electrons. The van der Waals surface area contributed by atoms with Crippen LogP contribution in [0.25, 0.3) is 0 Å². The van der Waals surface area contributed by atoms with Crippen molar-refractivity contribution in [3.8, 4) is 0 Å². The van der Waals surface area contributed by atoms with Crippen LogP contribution in [-0.2, 0) is 25.0 Å². The lowest BCUT2D eigenvalue weighted by Gasteiger charge is -2.26.